The molecule has 2 aromatic rings. The van der Waals surface area contributed by atoms with Crippen LogP contribution in [0.25, 0.3) is 12.3 Å². The summed E-state index contributed by atoms with van der Waals surface area (Å²) in [6.45, 7) is 6.06. The third-order valence-corrected chi connectivity index (χ3v) is 4.34. The predicted molar refractivity (Wildman–Crippen MR) is 134 cm³/mol. The fourth-order valence-corrected chi connectivity index (χ4v) is 2.71. The number of esters is 1. The van der Waals surface area contributed by atoms with Crippen molar-refractivity contribution in [3.05, 3.63) is 90.7 Å². The number of halogens is 2. The van der Waals surface area contributed by atoms with Crippen molar-refractivity contribution in [2.45, 2.75) is 52.4 Å². The first-order valence-corrected chi connectivity index (χ1v) is 15.5. The maximum Gasteiger partial charge on any atom is -0.693 e. The van der Waals surface area contributed by atoms with Gasteiger partial charge in [-0.25, -0.2) is 0 Å². The zero-order valence-corrected chi connectivity index (χ0v) is 23.1. The molecule has 1 atom stereocenters. The average molecular weight is 682 g/mol. The molecule has 0 radical (unpaired) electrons. The second kappa shape index (κ2) is 22.4. The van der Waals surface area contributed by atoms with Crippen molar-refractivity contribution < 1.29 is 35.9 Å². The molecule has 192 valence electrons. The van der Waals surface area contributed by atoms with Gasteiger partial charge in [-0.3, -0.25) is 9.59 Å². The van der Waals surface area contributed by atoms with Gasteiger partial charge in [0.15, 0.2) is 0 Å². The minimum atomic E-state index is -0.772. The van der Waals surface area contributed by atoms with Crippen LogP contribution in [0.4, 0.5) is 0 Å². The summed E-state index contributed by atoms with van der Waals surface area (Å²) in [6.07, 6.45) is 3.22. The molecule has 0 spiro atoms. The van der Waals surface area contributed by atoms with Gasteiger partial charge in [-0.1, -0.05) is 68.4 Å². The van der Waals surface area contributed by atoms with Crippen molar-refractivity contribution in [3.63, 3.8) is 0 Å². The van der Waals surface area contributed by atoms with Gasteiger partial charge in [0.1, 0.15) is 0 Å². The van der Waals surface area contributed by atoms with Crippen LogP contribution in [0.3, 0.4) is 0 Å². The van der Waals surface area contributed by atoms with Crippen molar-refractivity contribution in [2.24, 2.45) is 5.92 Å². The summed E-state index contributed by atoms with van der Waals surface area (Å²) in [5.74, 6) is -0.798. The molecule has 0 amide bonds. The van der Waals surface area contributed by atoms with Crippen molar-refractivity contribution in [1.29, 1.82) is 0 Å². The number of hydrogen-bond donors (Lipinski definition) is 1. The van der Waals surface area contributed by atoms with E-state index in [1.807, 2.05) is 42.5 Å². The number of nitrogens with two attached hydrogens (primary N) is 2. The van der Waals surface area contributed by atoms with Gasteiger partial charge in [0, 0.05) is 6.42 Å². The quantitative estimate of drug-likeness (QED) is 0.222. The largest absolute Gasteiger partial charge is 0.693 e. The van der Waals surface area contributed by atoms with E-state index in [-0.39, 0.29) is 18.3 Å². The number of carbonyl (C=O) groups excluding carboxylic acids is 1. The first-order chi connectivity index (χ1) is 14.7. The van der Waals surface area contributed by atoms with Crippen LogP contribution in [0.1, 0.15) is 56.2 Å². The van der Waals surface area contributed by atoms with Gasteiger partial charge in [0.2, 0.25) is 0 Å². The maximum atomic E-state index is 10.8. The van der Waals surface area contributed by atoms with Crippen molar-refractivity contribution >= 4 is 30.8 Å². The van der Waals surface area contributed by atoms with E-state index in [1.165, 1.54) is 11.1 Å². The molecule has 0 bridgehead atoms. The van der Waals surface area contributed by atoms with Crippen LogP contribution in [-0.4, -0.2) is 17.0 Å². The van der Waals surface area contributed by atoms with Gasteiger partial charge in [0.05, 0.1) is 5.92 Å². The molecule has 6 nitrogen and oxygen atoms in total. The van der Waals surface area contributed by atoms with Crippen LogP contribution in [-0.2, 0) is 43.6 Å². The number of rotatable bonds is 8. The Morgan fingerprint density at radius 2 is 1.48 bits per heavy atom. The Labute approximate surface area is 215 Å². The van der Waals surface area contributed by atoms with Crippen molar-refractivity contribution in [2.75, 3.05) is 0 Å². The summed E-state index contributed by atoms with van der Waals surface area (Å²) in [4.78, 5) is 21.5. The van der Waals surface area contributed by atoms with Crippen LogP contribution in [0.5, 0.6) is 0 Å². The second-order valence-corrected chi connectivity index (χ2v) is 10.6. The average Bonchev–Trinajstić information content (AvgIpc) is 2.75. The molecule has 9 heteroatoms. The molecule has 1 unspecified atom stereocenters. The molecule has 0 saturated carbocycles. The van der Waals surface area contributed by atoms with Gasteiger partial charge in [-0.2, -0.15) is 7.11 Å². The van der Waals surface area contributed by atoms with Crippen molar-refractivity contribution in [1.82, 2.24) is 0 Å². The topological polar surface area (TPSA) is 131 Å². The number of ether oxygens (including phenoxy) is 1. The normalized spacial score (nSPS) is 10.3. The molecule has 0 aliphatic carbocycles. The molecule has 33 heavy (non-hydrogen) atoms. The Morgan fingerprint density at radius 3 is 1.91 bits per heavy atom. The fourth-order valence-electron chi connectivity index (χ4n) is 2.71. The maximum absolute atomic E-state index is 10.8. The summed E-state index contributed by atoms with van der Waals surface area (Å²) in [5.41, 5.74) is 3.39. The zero-order valence-electron chi connectivity index (χ0n) is 19.3. The summed E-state index contributed by atoms with van der Waals surface area (Å²) in [5, 5.41) is 8.85. The van der Waals surface area contributed by atoms with E-state index in [0.29, 0.717) is 12.3 Å². The van der Waals surface area contributed by atoms with Gasteiger partial charge >= 0.3 is 41.3 Å². The zero-order chi connectivity index (χ0) is 23.6. The van der Waals surface area contributed by atoms with E-state index in [1.54, 1.807) is 6.92 Å². The van der Waals surface area contributed by atoms with Gasteiger partial charge in [-0.05, 0) is 48.8 Å². The monoisotopic (exact) mass is 680 g/mol. The Morgan fingerprint density at radius 1 is 0.970 bits per heavy atom. The molecule has 0 aliphatic heterocycles. The van der Waals surface area contributed by atoms with Crippen molar-refractivity contribution in [3.8, 4) is 0 Å². The van der Waals surface area contributed by atoms with E-state index in [9.17, 15) is 9.59 Å². The molecule has 0 heterocycles. The molecule has 2 rings (SSSR count). The molecule has 0 fully saturated rings. The van der Waals surface area contributed by atoms with E-state index >= 15 is 0 Å². The molecule has 0 saturated heterocycles. The van der Waals surface area contributed by atoms with E-state index in [2.05, 4.69) is 37.8 Å². The van der Waals surface area contributed by atoms with Gasteiger partial charge in [0.25, 0.3) is 5.97 Å². The molecular formula is C24H35Cl2N2O4Pt-3. The van der Waals surface area contributed by atoms with Crippen LogP contribution >= 0.6 is 18.8 Å². The smallest absolute Gasteiger partial charge is 0.693 e. The van der Waals surface area contributed by atoms with E-state index in [4.69, 9.17) is 23.9 Å². The number of aryl methyl sites for hydroxylation is 1. The molecular weight excluding hydrogens is 646 g/mol. The van der Waals surface area contributed by atoms with Crippen LogP contribution in [0.15, 0.2) is 54.6 Å². The number of hydrogen-bond acceptors (Lipinski definition) is 3. The van der Waals surface area contributed by atoms with Gasteiger partial charge in [-0.15, -0.1) is 0 Å². The number of carboxylic acid groups (broad SMARTS) is 1. The van der Waals surface area contributed by atoms with Crippen LogP contribution in [0, 0.1) is 13.0 Å². The Kier molecular flexibility index (Phi) is 24.5. The number of carbonyl (C=O) groups is 2. The second-order valence-electron chi connectivity index (χ2n) is 7.30. The summed E-state index contributed by atoms with van der Waals surface area (Å²) in [7, 11) is 12.8. The number of aliphatic carboxylic acids is 1. The number of benzene rings is 2. The Bertz CT molecular complexity index is 748. The van der Waals surface area contributed by atoms with E-state index in [0.717, 1.165) is 24.8 Å². The third kappa shape index (κ3) is 18.7. The molecule has 2 aromatic carbocycles. The van der Waals surface area contributed by atoms with Crippen LogP contribution < -0.4 is 0 Å². The van der Waals surface area contributed by atoms with Crippen LogP contribution in [0.2, 0.25) is 0 Å². The fraction of sp³-hybridized carbons (Fsp3) is 0.375. The summed E-state index contributed by atoms with van der Waals surface area (Å²) in [6, 6.07) is 17.9. The summed E-state index contributed by atoms with van der Waals surface area (Å²) >= 11 is -0.472. The summed E-state index contributed by atoms with van der Waals surface area (Å²) < 4.78 is 4.30. The molecule has 5 N–H and O–H groups in total. The first-order valence-electron chi connectivity index (χ1n) is 9.87. The first kappa shape index (κ1) is 36.1. The third-order valence-electron chi connectivity index (χ3n) is 4.34. The molecule has 0 aliphatic rings. The minimum absolute atomic E-state index is 0. The Hall–Kier alpha value is -1.43. The van der Waals surface area contributed by atoms with Gasteiger partial charge < -0.3 is 22.1 Å². The minimum Gasteiger partial charge on any atom is -0.693 e. The standard InChI is InChI=1S/C13H18O2.C11H13O2.2ClH.2H2N.Pt/c1-9(2)8-11-4-6-12(7-5-11)10(3)13(14)15;1-13-11(12)9-5-8-10-6-3-2-4-7-10;;;;;/h4-7,9-10H,8H2,1-3H3,(H,14,15);2-4,6-7H,1,5,8-9H2;2*1H;2*1H2;/q;-1;;;2*-1;+2/p-2. The predicted octanol–water partition coefficient (Wildman–Crippen LogP) is 8.23. The SMILES string of the molecule is CC(C)Cc1ccc(C(C)C(=O)O)cc1.[CH2-]OC(=O)CCCc1ccccc1.[Cl][Pt][Cl].[NH2-].[NH2-]. The Balaban J connectivity index is -0.000000465. The molecule has 0 aromatic heterocycles. The number of carboxylic acids is 1. The van der Waals surface area contributed by atoms with E-state index < -0.39 is 28.4 Å².